The molecule has 1 amide bonds. The van der Waals surface area contributed by atoms with Crippen LogP contribution in [0, 0.1) is 5.92 Å². The molecule has 0 saturated carbocycles. The van der Waals surface area contributed by atoms with E-state index in [2.05, 4.69) is 71.0 Å². The molecule has 1 aliphatic heterocycles. The van der Waals surface area contributed by atoms with Gasteiger partial charge in [-0.3, -0.25) is 14.7 Å². The van der Waals surface area contributed by atoms with Crippen molar-refractivity contribution < 1.29 is 4.79 Å². The lowest BCUT2D eigenvalue weighted by molar-refractivity contribution is -0.134. The van der Waals surface area contributed by atoms with E-state index in [1.165, 1.54) is 5.56 Å². The molecule has 2 aromatic heterocycles. The van der Waals surface area contributed by atoms with Crippen molar-refractivity contribution in [3.63, 3.8) is 0 Å². The fourth-order valence-electron chi connectivity index (χ4n) is 4.38. The molecule has 0 aliphatic carbocycles. The number of hydrogen-bond donors (Lipinski definition) is 0. The molecule has 0 spiro atoms. The van der Waals surface area contributed by atoms with Gasteiger partial charge in [0.1, 0.15) is 5.82 Å². The summed E-state index contributed by atoms with van der Waals surface area (Å²) in [5.41, 5.74) is 4.52. The molecule has 6 heteroatoms. The molecule has 1 aromatic carbocycles. The Morgan fingerprint density at radius 2 is 1.73 bits per heavy atom. The lowest BCUT2D eigenvalue weighted by Crippen LogP contribution is -2.37. The van der Waals surface area contributed by atoms with Gasteiger partial charge in [0.15, 0.2) is 0 Å². The second-order valence-corrected chi connectivity index (χ2v) is 9.10. The third kappa shape index (κ3) is 5.82. The molecule has 172 valence electrons. The monoisotopic (exact) mass is 443 g/mol. The summed E-state index contributed by atoms with van der Waals surface area (Å²) in [6.45, 7) is 10.1. The molecule has 1 atom stereocenters. The lowest BCUT2D eigenvalue weighted by Gasteiger charge is -2.23. The Kier molecular flexibility index (Phi) is 7.45. The van der Waals surface area contributed by atoms with Crippen LogP contribution in [0.25, 0.3) is 11.1 Å². The molecule has 4 rings (SSSR count). The second kappa shape index (κ2) is 10.7. The van der Waals surface area contributed by atoms with Gasteiger partial charge in [0.05, 0.1) is 5.92 Å². The number of amides is 1. The summed E-state index contributed by atoms with van der Waals surface area (Å²) in [5, 5.41) is 0. The number of nitrogens with zero attached hydrogens (tertiary/aromatic N) is 5. The maximum atomic E-state index is 13.3. The summed E-state index contributed by atoms with van der Waals surface area (Å²) >= 11 is 0. The van der Waals surface area contributed by atoms with Gasteiger partial charge < -0.3 is 4.90 Å². The van der Waals surface area contributed by atoms with Gasteiger partial charge in [-0.05, 0) is 36.1 Å². The Labute approximate surface area is 196 Å². The zero-order valence-electron chi connectivity index (χ0n) is 19.8. The van der Waals surface area contributed by atoms with Crippen molar-refractivity contribution in [2.24, 2.45) is 5.92 Å². The van der Waals surface area contributed by atoms with Crippen molar-refractivity contribution in [3.05, 3.63) is 78.1 Å². The molecule has 33 heavy (non-hydrogen) atoms. The predicted octanol–water partition coefficient (Wildman–Crippen LogP) is 4.19. The largest absolute Gasteiger partial charge is 0.341 e. The number of benzene rings is 1. The van der Waals surface area contributed by atoms with E-state index in [0.717, 1.165) is 61.7 Å². The maximum Gasteiger partial charge on any atom is 0.227 e. The fourth-order valence-corrected chi connectivity index (χ4v) is 4.38. The Balaban J connectivity index is 1.47. The van der Waals surface area contributed by atoms with Gasteiger partial charge in [-0.15, -0.1) is 0 Å². The van der Waals surface area contributed by atoms with Crippen LogP contribution in [0.2, 0.25) is 0 Å². The van der Waals surface area contributed by atoms with Gasteiger partial charge in [0, 0.05) is 69.0 Å². The molecular formula is C27H33N5O. The number of carbonyl (C=O) groups excluding carboxylic acids is 1. The van der Waals surface area contributed by atoms with E-state index < -0.39 is 0 Å². The van der Waals surface area contributed by atoms with E-state index in [1.54, 1.807) is 6.20 Å². The third-order valence-electron chi connectivity index (χ3n) is 6.29. The minimum Gasteiger partial charge on any atom is -0.341 e. The van der Waals surface area contributed by atoms with Crippen molar-refractivity contribution in [1.82, 2.24) is 24.8 Å². The van der Waals surface area contributed by atoms with Crippen LogP contribution in [0.1, 0.15) is 43.6 Å². The van der Waals surface area contributed by atoms with Crippen LogP contribution in [0.15, 0.2) is 61.2 Å². The van der Waals surface area contributed by atoms with Gasteiger partial charge in [-0.1, -0.05) is 44.2 Å². The first-order valence-corrected chi connectivity index (χ1v) is 11.8. The highest BCUT2D eigenvalue weighted by molar-refractivity contribution is 5.79. The normalized spacial score (nSPS) is 17.4. The first kappa shape index (κ1) is 23.1. The highest BCUT2D eigenvalue weighted by Gasteiger charge is 2.29. The molecule has 1 fully saturated rings. The average Bonchev–Trinajstić information content (AvgIpc) is 2.99. The minimum absolute atomic E-state index is 0.0625. The minimum atomic E-state index is -0.0625. The summed E-state index contributed by atoms with van der Waals surface area (Å²) in [5.74, 6) is 1.38. The number of pyridine rings is 1. The highest BCUT2D eigenvalue weighted by Crippen LogP contribution is 2.22. The van der Waals surface area contributed by atoms with Crippen molar-refractivity contribution in [2.75, 3.05) is 26.2 Å². The van der Waals surface area contributed by atoms with E-state index in [0.29, 0.717) is 5.92 Å². The summed E-state index contributed by atoms with van der Waals surface area (Å²) in [6, 6.07) is 12.5. The zero-order chi connectivity index (χ0) is 23.2. The molecular weight excluding hydrogens is 410 g/mol. The molecule has 0 bridgehead atoms. The van der Waals surface area contributed by atoms with Crippen LogP contribution in [0.3, 0.4) is 0 Å². The van der Waals surface area contributed by atoms with E-state index in [-0.39, 0.29) is 11.8 Å². The van der Waals surface area contributed by atoms with Gasteiger partial charge in [0.2, 0.25) is 5.91 Å². The molecule has 0 N–H and O–H groups in total. The van der Waals surface area contributed by atoms with Crippen molar-refractivity contribution in [3.8, 4) is 11.1 Å². The predicted molar refractivity (Wildman–Crippen MR) is 131 cm³/mol. The highest BCUT2D eigenvalue weighted by atomic mass is 16.2. The molecule has 0 unspecified atom stereocenters. The quantitative estimate of drug-likeness (QED) is 0.548. The molecule has 3 heterocycles. The van der Waals surface area contributed by atoms with Crippen molar-refractivity contribution >= 4 is 5.91 Å². The van der Waals surface area contributed by atoms with Crippen LogP contribution < -0.4 is 0 Å². The van der Waals surface area contributed by atoms with Gasteiger partial charge in [-0.2, -0.15) is 0 Å². The molecule has 6 nitrogen and oxygen atoms in total. The van der Waals surface area contributed by atoms with Crippen molar-refractivity contribution in [1.29, 1.82) is 0 Å². The van der Waals surface area contributed by atoms with E-state index in [4.69, 9.17) is 0 Å². The van der Waals surface area contributed by atoms with Crippen LogP contribution in [0.4, 0.5) is 0 Å². The zero-order valence-corrected chi connectivity index (χ0v) is 19.8. The molecule has 3 aromatic rings. The molecule has 1 aliphatic rings. The maximum absolute atomic E-state index is 13.3. The van der Waals surface area contributed by atoms with Gasteiger partial charge in [0.25, 0.3) is 0 Å². The van der Waals surface area contributed by atoms with E-state index >= 15 is 0 Å². The fraction of sp³-hybridized carbons (Fsp3) is 0.407. The lowest BCUT2D eigenvalue weighted by atomic mass is 9.96. The third-order valence-corrected chi connectivity index (χ3v) is 6.29. The Hall–Kier alpha value is -3.12. The van der Waals surface area contributed by atoms with Crippen molar-refractivity contribution in [2.45, 2.75) is 39.7 Å². The van der Waals surface area contributed by atoms with E-state index in [9.17, 15) is 4.79 Å². The summed E-state index contributed by atoms with van der Waals surface area (Å²) in [4.78, 5) is 30.9. The first-order chi connectivity index (χ1) is 16.0. The number of likely N-dealkylation sites (N-methyl/N-ethyl adjacent to an activating group) is 1. The second-order valence-electron chi connectivity index (χ2n) is 9.10. The average molecular weight is 444 g/mol. The van der Waals surface area contributed by atoms with Crippen LogP contribution in [-0.2, 0) is 17.8 Å². The topological polar surface area (TPSA) is 62.2 Å². The number of rotatable bonds is 7. The first-order valence-electron chi connectivity index (χ1n) is 11.8. The van der Waals surface area contributed by atoms with Crippen LogP contribution in [-0.4, -0.2) is 56.8 Å². The van der Waals surface area contributed by atoms with Crippen LogP contribution >= 0.6 is 0 Å². The summed E-state index contributed by atoms with van der Waals surface area (Å²) in [6.07, 6.45) is 8.25. The smallest absolute Gasteiger partial charge is 0.227 e. The number of carbonyl (C=O) groups is 1. The molecule has 0 radical (unpaired) electrons. The van der Waals surface area contributed by atoms with Gasteiger partial charge >= 0.3 is 0 Å². The van der Waals surface area contributed by atoms with E-state index in [1.807, 2.05) is 29.6 Å². The Morgan fingerprint density at radius 3 is 2.36 bits per heavy atom. The Morgan fingerprint density at radius 1 is 0.970 bits per heavy atom. The summed E-state index contributed by atoms with van der Waals surface area (Å²) in [7, 11) is 0. The summed E-state index contributed by atoms with van der Waals surface area (Å²) < 4.78 is 0. The SMILES string of the molecule is CCN1CCN(Cc2cnc(C(C)C)nc2)C[C@H](Cc2ccc(-c3cccnc3)cc2)C1=O. The number of aromatic nitrogens is 3. The van der Waals surface area contributed by atoms with Gasteiger partial charge in [-0.25, -0.2) is 9.97 Å². The van der Waals surface area contributed by atoms with Crippen LogP contribution in [0.5, 0.6) is 0 Å². The number of hydrogen-bond acceptors (Lipinski definition) is 5. The molecule has 1 saturated heterocycles. The standard InChI is InChI=1S/C27H33N5O/c1-4-32-13-12-31(18-22-15-29-26(20(2)3)30-16-22)19-25(27(32)33)14-21-7-9-23(10-8-21)24-6-5-11-28-17-24/h5-11,15-17,20,25H,4,12-14,18-19H2,1-3H3/t25-/m0/s1. The Bertz CT molecular complexity index is 1030.